The largest absolute Gasteiger partial charge is 0.356 e. The molecular weight excluding hydrogens is 284 g/mol. The van der Waals surface area contributed by atoms with Gasteiger partial charge in [-0.25, -0.2) is 0 Å². The second-order valence-electron chi connectivity index (χ2n) is 6.02. The van der Waals surface area contributed by atoms with Crippen LogP contribution in [-0.4, -0.2) is 18.5 Å². The van der Waals surface area contributed by atoms with E-state index in [9.17, 15) is 4.79 Å². The van der Waals surface area contributed by atoms with Gasteiger partial charge in [-0.05, 0) is 50.5 Å². The highest BCUT2D eigenvalue weighted by Crippen LogP contribution is 2.35. The molecule has 4 heteroatoms. The van der Waals surface area contributed by atoms with E-state index in [4.69, 9.17) is 5.73 Å². The van der Waals surface area contributed by atoms with Crippen molar-refractivity contribution in [1.82, 2.24) is 5.32 Å². The van der Waals surface area contributed by atoms with Crippen LogP contribution >= 0.6 is 12.4 Å². The molecule has 0 saturated heterocycles. The third kappa shape index (κ3) is 5.68. The first-order chi connectivity index (χ1) is 9.66. The van der Waals surface area contributed by atoms with Crippen molar-refractivity contribution < 1.29 is 4.79 Å². The molecule has 1 aromatic rings. The molecule has 118 valence electrons. The zero-order chi connectivity index (χ0) is 14.4. The monoisotopic (exact) mass is 310 g/mol. The first kappa shape index (κ1) is 18.0. The molecule has 1 saturated carbocycles. The first-order valence-corrected chi connectivity index (χ1v) is 7.75. The van der Waals surface area contributed by atoms with Crippen LogP contribution in [0.25, 0.3) is 0 Å². The number of nitrogens with two attached hydrogens (primary N) is 1. The second kappa shape index (κ2) is 9.06. The summed E-state index contributed by atoms with van der Waals surface area (Å²) in [6.07, 6.45) is 5.10. The molecule has 0 radical (unpaired) electrons. The van der Waals surface area contributed by atoms with Gasteiger partial charge in [-0.2, -0.15) is 0 Å². The molecule has 0 aromatic heterocycles. The van der Waals surface area contributed by atoms with Gasteiger partial charge >= 0.3 is 0 Å². The summed E-state index contributed by atoms with van der Waals surface area (Å²) in [4.78, 5) is 12.1. The number of halogens is 1. The number of hydrogen-bond acceptors (Lipinski definition) is 2. The molecule has 1 aliphatic carbocycles. The van der Waals surface area contributed by atoms with Crippen molar-refractivity contribution in [3.05, 3.63) is 35.9 Å². The second-order valence-corrected chi connectivity index (χ2v) is 6.02. The summed E-state index contributed by atoms with van der Waals surface area (Å²) in [6.45, 7) is 2.67. The maximum atomic E-state index is 12.1. The lowest BCUT2D eigenvalue weighted by molar-refractivity contribution is -0.126. The lowest BCUT2D eigenvalue weighted by atomic mass is 9.78. The minimum Gasteiger partial charge on any atom is -0.356 e. The summed E-state index contributed by atoms with van der Waals surface area (Å²) in [5.74, 6) is 1.05. The number of amides is 1. The van der Waals surface area contributed by atoms with Crippen molar-refractivity contribution >= 4 is 18.3 Å². The Kier molecular flexibility index (Phi) is 7.76. The van der Waals surface area contributed by atoms with Crippen molar-refractivity contribution in [2.75, 3.05) is 6.54 Å². The Morgan fingerprint density at radius 3 is 2.43 bits per heavy atom. The molecule has 0 spiro atoms. The number of nitrogens with one attached hydrogen (secondary N) is 1. The van der Waals surface area contributed by atoms with E-state index in [2.05, 4.69) is 35.6 Å². The first-order valence-electron chi connectivity index (χ1n) is 7.75. The van der Waals surface area contributed by atoms with Gasteiger partial charge in [-0.15, -0.1) is 12.4 Å². The number of carbonyl (C=O) groups is 1. The Morgan fingerprint density at radius 1 is 1.24 bits per heavy atom. The number of rotatable bonds is 5. The van der Waals surface area contributed by atoms with E-state index >= 15 is 0 Å². The van der Waals surface area contributed by atoms with Crippen LogP contribution in [-0.2, 0) is 4.79 Å². The molecule has 1 unspecified atom stereocenters. The summed E-state index contributed by atoms with van der Waals surface area (Å²) >= 11 is 0. The van der Waals surface area contributed by atoms with E-state index in [1.807, 2.05) is 6.92 Å². The Morgan fingerprint density at radius 2 is 1.86 bits per heavy atom. The maximum Gasteiger partial charge on any atom is 0.223 e. The van der Waals surface area contributed by atoms with Gasteiger partial charge in [0.25, 0.3) is 0 Å². The minimum atomic E-state index is 0. The van der Waals surface area contributed by atoms with Crippen molar-refractivity contribution in [1.29, 1.82) is 0 Å². The minimum absolute atomic E-state index is 0. The van der Waals surface area contributed by atoms with Gasteiger partial charge in [0.15, 0.2) is 0 Å². The van der Waals surface area contributed by atoms with Gasteiger partial charge in [0.2, 0.25) is 5.91 Å². The van der Waals surface area contributed by atoms with Crippen LogP contribution in [0.2, 0.25) is 0 Å². The van der Waals surface area contributed by atoms with E-state index in [1.54, 1.807) is 0 Å². The van der Waals surface area contributed by atoms with Gasteiger partial charge < -0.3 is 11.1 Å². The predicted octanol–water partition coefficient (Wildman–Crippen LogP) is 3.24. The van der Waals surface area contributed by atoms with Gasteiger partial charge in [0.05, 0.1) is 0 Å². The summed E-state index contributed by atoms with van der Waals surface area (Å²) in [5, 5.41) is 3.02. The fourth-order valence-electron chi connectivity index (χ4n) is 2.98. The Bertz CT molecular complexity index is 414. The normalized spacial score (nSPS) is 23.0. The lowest BCUT2D eigenvalue weighted by Gasteiger charge is -2.28. The standard InChI is InChI=1S/C17H26N2O.ClH/c1-13(18)11-12-19-17(20)16-9-7-15(8-10-16)14-5-3-2-4-6-14;/h2-6,13,15-16H,7-12,18H2,1H3,(H,19,20);1H. The van der Waals surface area contributed by atoms with Gasteiger partial charge in [0.1, 0.15) is 0 Å². The molecule has 0 aliphatic heterocycles. The smallest absolute Gasteiger partial charge is 0.223 e. The van der Waals surface area contributed by atoms with E-state index in [0.717, 1.165) is 32.1 Å². The molecule has 1 atom stereocenters. The molecule has 1 fully saturated rings. The van der Waals surface area contributed by atoms with E-state index in [-0.39, 0.29) is 30.3 Å². The average molecular weight is 311 g/mol. The van der Waals surface area contributed by atoms with Gasteiger partial charge in [0, 0.05) is 18.5 Å². The van der Waals surface area contributed by atoms with Crippen LogP contribution in [0.1, 0.15) is 50.5 Å². The molecule has 0 heterocycles. The van der Waals surface area contributed by atoms with Crippen molar-refractivity contribution in [3.8, 4) is 0 Å². The highest BCUT2D eigenvalue weighted by Gasteiger charge is 2.26. The highest BCUT2D eigenvalue weighted by molar-refractivity contribution is 5.85. The highest BCUT2D eigenvalue weighted by atomic mass is 35.5. The summed E-state index contributed by atoms with van der Waals surface area (Å²) in [5.41, 5.74) is 7.11. The lowest BCUT2D eigenvalue weighted by Crippen LogP contribution is -2.35. The van der Waals surface area contributed by atoms with Crippen molar-refractivity contribution in [2.45, 2.75) is 51.0 Å². The van der Waals surface area contributed by atoms with Crippen LogP contribution in [0.4, 0.5) is 0 Å². The fraction of sp³-hybridized carbons (Fsp3) is 0.588. The summed E-state index contributed by atoms with van der Waals surface area (Å²) in [6, 6.07) is 10.8. The molecule has 2 rings (SSSR count). The third-order valence-electron chi connectivity index (χ3n) is 4.27. The zero-order valence-electron chi connectivity index (χ0n) is 12.8. The Labute approximate surface area is 134 Å². The number of carbonyl (C=O) groups excluding carboxylic acids is 1. The van der Waals surface area contributed by atoms with Crippen LogP contribution < -0.4 is 11.1 Å². The van der Waals surface area contributed by atoms with Gasteiger partial charge in [-0.3, -0.25) is 4.79 Å². The van der Waals surface area contributed by atoms with Crippen LogP contribution in [0.15, 0.2) is 30.3 Å². The van der Waals surface area contributed by atoms with Crippen molar-refractivity contribution in [2.24, 2.45) is 11.7 Å². The topological polar surface area (TPSA) is 55.1 Å². The Balaban J connectivity index is 0.00000220. The maximum absolute atomic E-state index is 12.1. The number of benzene rings is 1. The van der Waals surface area contributed by atoms with E-state index in [0.29, 0.717) is 12.5 Å². The molecule has 0 bridgehead atoms. The third-order valence-corrected chi connectivity index (χ3v) is 4.27. The van der Waals surface area contributed by atoms with Crippen LogP contribution in [0, 0.1) is 5.92 Å². The van der Waals surface area contributed by atoms with E-state index in [1.165, 1.54) is 5.56 Å². The molecule has 3 N–H and O–H groups in total. The average Bonchev–Trinajstić information content (AvgIpc) is 2.48. The Hall–Kier alpha value is -1.06. The SMILES string of the molecule is CC(N)CCNC(=O)C1CCC(c2ccccc2)CC1.Cl. The van der Waals surface area contributed by atoms with Crippen LogP contribution in [0.3, 0.4) is 0 Å². The number of hydrogen-bond donors (Lipinski definition) is 2. The fourth-order valence-corrected chi connectivity index (χ4v) is 2.98. The summed E-state index contributed by atoms with van der Waals surface area (Å²) < 4.78 is 0. The van der Waals surface area contributed by atoms with Gasteiger partial charge in [-0.1, -0.05) is 30.3 Å². The van der Waals surface area contributed by atoms with Crippen LogP contribution in [0.5, 0.6) is 0 Å². The van der Waals surface area contributed by atoms with E-state index < -0.39 is 0 Å². The van der Waals surface area contributed by atoms with Crippen molar-refractivity contribution in [3.63, 3.8) is 0 Å². The molecule has 1 amide bonds. The molecule has 21 heavy (non-hydrogen) atoms. The summed E-state index contributed by atoms with van der Waals surface area (Å²) in [7, 11) is 0. The molecule has 1 aromatic carbocycles. The zero-order valence-corrected chi connectivity index (χ0v) is 13.6. The molecular formula is C17H27ClN2O. The predicted molar refractivity (Wildman–Crippen MR) is 89.7 cm³/mol. The molecule has 1 aliphatic rings. The molecule has 3 nitrogen and oxygen atoms in total. The quantitative estimate of drug-likeness (QED) is 0.877.